The quantitative estimate of drug-likeness (QED) is 0.815. The zero-order valence-electron chi connectivity index (χ0n) is 13.6. The molecule has 0 atom stereocenters. The molecule has 3 aliphatic rings. The molecule has 7 nitrogen and oxygen atoms in total. The smallest absolute Gasteiger partial charge is 0.229 e. The molecule has 0 radical (unpaired) electrons. The van der Waals surface area contributed by atoms with Gasteiger partial charge in [0.15, 0.2) is 0 Å². The van der Waals surface area contributed by atoms with Crippen molar-refractivity contribution in [2.45, 2.75) is 12.8 Å². The van der Waals surface area contributed by atoms with E-state index in [1.807, 2.05) is 0 Å². The van der Waals surface area contributed by atoms with Gasteiger partial charge in [-0.15, -0.1) is 0 Å². The monoisotopic (exact) mass is 319 g/mol. The van der Waals surface area contributed by atoms with Gasteiger partial charge in [-0.3, -0.25) is 0 Å². The second kappa shape index (κ2) is 6.88. The summed E-state index contributed by atoms with van der Waals surface area (Å²) in [6, 6.07) is 2.15. The first-order chi connectivity index (χ1) is 11.4. The summed E-state index contributed by atoms with van der Waals surface area (Å²) in [7, 11) is 0. The minimum absolute atomic E-state index is 0.754. The van der Waals surface area contributed by atoms with Crippen molar-refractivity contribution in [3.05, 3.63) is 6.07 Å². The lowest BCUT2D eigenvalue weighted by molar-refractivity contribution is 0.121. The van der Waals surface area contributed by atoms with Crippen LogP contribution in [0.3, 0.4) is 0 Å². The van der Waals surface area contributed by atoms with Crippen molar-refractivity contribution in [1.82, 2.24) is 9.97 Å². The molecule has 0 N–H and O–H groups in total. The number of nitrogens with zero attached hydrogens (tertiary/aromatic N) is 5. The lowest BCUT2D eigenvalue weighted by Gasteiger charge is -2.32. The van der Waals surface area contributed by atoms with Crippen molar-refractivity contribution in [3.63, 3.8) is 0 Å². The Kier molecular flexibility index (Phi) is 4.48. The normalized spacial score (nSPS) is 22.7. The van der Waals surface area contributed by atoms with E-state index in [0.29, 0.717) is 0 Å². The summed E-state index contributed by atoms with van der Waals surface area (Å²) in [4.78, 5) is 16.7. The summed E-state index contributed by atoms with van der Waals surface area (Å²) < 4.78 is 10.9. The first-order valence-electron chi connectivity index (χ1n) is 8.69. The maximum absolute atomic E-state index is 5.48. The van der Waals surface area contributed by atoms with E-state index >= 15 is 0 Å². The minimum Gasteiger partial charge on any atom is -0.378 e. The third-order valence-electron chi connectivity index (χ3n) is 4.75. The van der Waals surface area contributed by atoms with Crippen molar-refractivity contribution in [1.29, 1.82) is 0 Å². The molecule has 0 spiro atoms. The standard InChI is InChI=1S/C16H25N5O2/c1-2-4-19(3-1)14-13-15(20-5-9-22-10-6-20)18-16(17-14)21-7-11-23-12-8-21/h13H,1-12H2. The molecule has 0 aliphatic carbocycles. The summed E-state index contributed by atoms with van der Waals surface area (Å²) >= 11 is 0. The first-order valence-corrected chi connectivity index (χ1v) is 8.69. The van der Waals surface area contributed by atoms with Crippen LogP contribution in [0, 0.1) is 0 Å². The molecule has 0 aromatic carbocycles. The van der Waals surface area contributed by atoms with Gasteiger partial charge in [0.25, 0.3) is 0 Å². The summed E-state index contributed by atoms with van der Waals surface area (Å²) in [6.07, 6.45) is 2.51. The molecule has 126 valence electrons. The number of rotatable bonds is 3. The van der Waals surface area contributed by atoms with Crippen LogP contribution in [0.5, 0.6) is 0 Å². The van der Waals surface area contributed by atoms with Crippen LogP contribution in [0.1, 0.15) is 12.8 Å². The molecule has 4 heterocycles. The molecule has 0 saturated carbocycles. The zero-order valence-corrected chi connectivity index (χ0v) is 13.6. The van der Waals surface area contributed by atoms with E-state index in [4.69, 9.17) is 19.4 Å². The fraction of sp³-hybridized carbons (Fsp3) is 0.750. The van der Waals surface area contributed by atoms with Gasteiger partial charge in [0, 0.05) is 45.3 Å². The topological polar surface area (TPSA) is 54.0 Å². The maximum atomic E-state index is 5.48. The van der Waals surface area contributed by atoms with Crippen LogP contribution in [0.25, 0.3) is 0 Å². The third kappa shape index (κ3) is 3.35. The van der Waals surface area contributed by atoms with Crippen molar-refractivity contribution in [3.8, 4) is 0 Å². The molecule has 0 unspecified atom stereocenters. The molecule has 0 bridgehead atoms. The van der Waals surface area contributed by atoms with Crippen LogP contribution in [-0.4, -0.2) is 75.7 Å². The molecule has 3 saturated heterocycles. The highest BCUT2D eigenvalue weighted by Crippen LogP contribution is 2.26. The molecule has 7 heteroatoms. The Hall–Kier alpha value is -1.60. The molecular formula is C16H25N5O2. The van der Waals surface area contributed by atoms with Crippen LogP contribution in [0.2, 0.25) is 0 Å². The van der Waals surface area contributed by atoms with Crippen LogP contribution in [0.15, 0.2) is 6.07 Å². The van der Waals surface area contributed by atoms with Gasteiger partial charge < -0.3 is 24.2 Å². The highest BCUT2D eigenvalue weighted by Gasteiger charge is 2.22. The van der Waals surface area contributed by atoms with Gasteiger partial charge in [-0.1, -0.05) is 0 Å². The second-order valence-electron chi connectivity index (χ2n) is 6.28. The fourth-order valence-corrected chi connectivity index (χ4v) is 3.38. The van der Waals surface area contributed by atoms with E-state index in [1.54, 1.807) is 0 Å². The average Bonchev–Trinajstić information content (AvgIpc) is 3.18. The molecular weight excluding hydrogens is 294 g/mol. The van der Waals surface area contributed by atoms with E-state index in [2.05, 4.69) is 20.8 Å². The van der Waals surface area contributed by atoms with Crippen molar-refractivity contribution in [2.24, 2.45) is 0 Å². The third-order valence-corrected chi connectivity index (χ3v) is 4.75. The minimum atomic E-state index is 0.754. The van der Waals surface area contributed by atoms with E-state index in [0.717, 1.165) is 83.3 Å². The number of ether oxygens (including phenoxy) is 2. The Labute approximate surface area is 137 Å². The molecule has 1 aromatic rings. The molecule has 0 amide bonds. The summed E-state index contributed by atoms with van der Waals surface area (Å²) in [6.45, 7) is 8.79. The predicted molar refractivity (Wildman–Crippen MR) is 89.5 cm³/mol. The summed E-state index contributed by atoms with van der Waals surface area (Å²) in [5.41, 5.74) is 0. The number of anilines is 3. The Morgan fingerprint density at radius 2 is 1.13 bits per heavy atom. The van der Waals surface area contributed by atoms with Crippen molar-refractivity contribution >= 4 is 17.6 Å². The van der Waals surface area contributed by atoms with E-state index in [-0.39, 0.29) is 0 Å². The largest absolute Gasteiger partial charge is 0.378 e. The Balaban J connectivity index is 1.64. The van der Waals surface area contributed by atoms with Gasteiger partial charge >= 0.3 is 0 Å². The van der Waals surface area contributed by atoms with Crippen molar-refractivity contribution < 1.29 is 9.47 Å². The molecule has 23 heavy (non-hydrogen) atoms. The Morgan fingerprint density at radius 3 is 1.70 bits per heavy atom. The lowest BCUT2D eigenvalue weighted by atomic mass is 10.3. The highest BCUT2D eigenvalue weighted by atomic mass is 16.5. The molecule has 3 fully saturated rings. The van der Waals surface area contributed by atoms with Gasteiger partial charge in [-0.25, -0.2) is 0 Å². The van der Waals surface area contributed by atoms with Crippen molar-refractivity contribution in [2.75, 3.05) is 80.4 Å². The van der Waals surface area contributed by atoms with Gasteiger partial charge in [0.05, 0.1) is 26.4 Å². The van der Waals surface area contributed by atoms with Crippen LogP contribution < -0.4 is 14.7 Å². The van der Waals surface area contributed by atoms with Gasteiger partial charge in [-0.2, -0.15) is 9.97 Å². The second-order valence-corrected chi connectivity index (χ2v) is 6.28. The number of hydrogen-bond donors (Lipinski definition) is 0. The zero-order chi connectivity index (χ0) is 15.5. The summed E-state index contributed by atoms with van der Waals surface area (Å²) in [5.74, 6) is 2.95. The number of hydrogen-bond acceptors (Lipinski definition) is 7. The Bertz CT molecular complexity index is 487. The highest BCUT2D eigenvalue weighted by molar-refractivity contribution is 5.56. The van der Waals surface area contributed by atoms with E-state index in [1.165, 1.54) is 12.8 Å². The predicted octanol–water partition coefficient (Wildman–Crippen LogP) is 0.750. The van der Waals surface area contributed by atoms with Crippen LogP contribution >= 0.6 is 0 Å². The SMILES string of the molecule is c1c(N2CCCC2)nc(N2CCOCC2)nc1N1CCOCC1. The maximum Gasteiger partial charge on any atom is 0.229 e. The van der Waals surface area contributed by atoms with Gasteiger partial charge in [-0.05, 0) is 12.8 Å². The molecule has 1 aromatic heterocycles. The fourth-order valence-electron chi connectivity index (χ4n) is 3.38. The van der Waals surface area contributed by atoms with Gasteiger partial charge in [0.1, 0.15) is 11.6 Å². The average molecular weight is 319 g/mol. The van der Waals surface area contributed by atoms with E-state index < -0.39 is 0 Å². The molecule has 3 aliphatic heterocycles. The molecule has 4 rings (SSSR count). The number of morpholine rings is 2. The van der Waals surface area contributed by atoms with Crippen LogP contribution in [-0.2, 0) is 9.47 Å². The first kappa shape index (κ1) is 15.0. The van der Waals surface area contributed by atoms with Crippen LogP contribution in [0.4, 0.5) is 17.6 Å². The lowest BCUT2D eigenvalue weighted by Crippen LogP contribution is -2.39. The Morgan fingerprint density at radius 1 is 0.652 bits per heavy atom. The van der Waals surface area contributed by atoms with E-state index in [9.17, 15) is 0 Å². The number of aromatic nitrogens is 2. The summed E-state index contributed by atoms with van der Waals surface area (Å²) in [5, 5.41) is 0. The van der Waals surface area contributed by atoms with Gasteiger partial charge in [0.2, 0.25) is 5.95 Å².